The maximum atomic E-state index is 12.2. The van der Waals surface area contributed by atoms with Crippen molar-refractivity contribution in [2.45, 2.75) is 90.5 Å². The maximum Gasteiger partial charge on any atom is 0.251 e. The van der Waals surface area contributed by atoms with E-state index >= 15 is 0 Å². The molecule has 1 amide bonds. The number of nitrogens with zero attached hydrogens (tertiary/aromatic N) is 2. The van der Waals surface area contributed by atoms with Crippen LogP contribution in [0.4, 0.5) is 0 Å². The van der Waals surface area contributed by atoms with Crippen LogP contribution in [0.15, 0.2) is 54.6 Å². The first-order chi connectivity index (χ1) is 16.3. The molecular formula is C29H41N3O. The molecule has 3 aromatic rings. The number of rotatable bonds is 16. The molecule has 0 unspecified atom stereocenters. The second-order valence-electron chi connectivity index (χ2n) is 9.08. The van der Waals surface area contributed by atoms with Gasteiger partial charge in [0.1, 0.15) is 5.82 Å². The lowest BCUT2D eigenvalue weighted by Crippen LogP contribution is -2.24. The Hall–Kier alpha value is -2.62. The first kappa shape index (κ1) is 25.0. The summed E-state index contributed by atoms with van der Waals surface area (Å²) in [6.07, 6.45) is 15.3. The Morgan fingerprint density at radius 2 is 1.42 bits per heavy atom. The van der Waals surface area contributed by atoms with Gasteiger partial charge in [-0.05, 0) is 37.1 Å². The second kappa shape index (κ2) is 14.5. The van der Waals surface area contributed by atoms with Crippen LogP contribution in [0.5, 0.6) is 0 Å². The molecule has 1 N–H and O–H groups in total. The number of fused-ring (bicyclic) bond motifs is 1. The van der Waals surface area contributed by atoms with Crippen LogP contribution in [0, 0.1) is 0 Å². The molecule has 4 heteroatoms. The van der Waals surface area contributed by atoms with Gasteiger partial charge in [0.2, 0.25) is 0 Å². The molecule has 33 heavy (non-hydrogen) atoms. The standard InChI is InChI=1S/C29H41N3O/c1-2-3-4-5-6-7-8-9-10-16-24-32-27-21-15-14-20-26(27)31-28(32)22-17-23-30-29(33)25-18-12-11-13-19-25/h11-15,18-21H,2-10,16-17,22-24H2,1H3,(H,30,33). The predicted molar refractivity (Wildman–Crippen MR) is 139 cm³/mol. The van der Waals surface area contributed by atoms with Crippen LogP contribution in [0.3, 0.4) is 0 Å². The molecule has 3 rings (SSSR count). The van der Waals surface area contributed by atoms with E-state index in [0.29, 0.717) is 12.1 Å². The van der Waals surface area contributed by atoms with Crippen LogP contribution in [-0.4, -0.2) is 22.0 Å². The number of hydrogen-bond donors (Lipinski definition) is 1. The highest BCUT2D eigenvalue weighted by Crippen LogP contribution is 2.19. The van der Waals surface area contributed by atoms with Gasteiger partial charge in [0.05, 0.1) is 11.0 Å². The summed E-state index contributed by atoms with van der Waals surface area (Å²) in [6, 6.07) is 17.9. The van der Waals surface area contributed by atoms with E-state index in [0.717, 1.165) is 30.7 Å². The number of carbonyl (C=O) groups excluding carboxylic acids is 1. The Kier molecular flexibility index (Phi) is 11.0. The van der Waals surface area contributed by atoms with Crippen LogP contribution >= 0.6 is 0 Å². The SMILES string of the molecule is CCCCCCCCCCCCn1c(CCCNC(=O)c2ccccc2)nc2ccccc21. The van der Waals surface area contributed by atoms with Crippen LogP contribution in [0.25, 0.3) is 11.0 Å². The average molecular weight is 448 g/mol. The van der Waals surface area contributed by atoms with Gasteiger partial charge in [0, 0.05) is 25.1 Å². The molecule has 0 saturated heterocycles. The molecule has 1 aromatic heterocycles. The number of aromatic nitrogens is 2. The molecule has 0 aliphatic carbocycles. The number of nitrogens with one attached hydrogen (secondary N) is 1. The average Bonchev–Trinajstić information content (AvgIpc) is 3.20. The van der Waals surface area contributed by atoms with Crippen molar-refractivity contribution < 1.29 is 4.79 Å². The number of aryl methyl sites for hydroxylation is 2. The Morgan fingerprint density at radius 1 is 0.788 bits per heavy atom. The van der Waals surface area contributed by atoms with Crippen LogP contribution < -0.4 is 5.32 Å². The van der Waals surface area contributed by atoms with E-state index in [1.54, 1.807) is 0 Å². The minimum atomic E-state index is -0.00512. The van der Waals surface area contributed by atoms with Gasteiger partial charge in [-0.25, -0.2) is 4.98 Å². The summed E-state index contributed by atoms with van der Waals surface area (Å²) in [6.45, 7) is 3.97. The fraction of sp³-hybridized carbons (Fsp3) is 0.517. The van der Waals surface area contributed by atoms with Crippen molar-refractivity contribution in [3.05, 3.63) is 66.0 Å². The monoisotopic (exact) mass is 447 g/mol. The lowest BCUT2D eigenvalue weighted by molar-refractivity contribution is 0.0953. The van der Waals surface area contributed by atoms with Crippen LogP contribution in [-0.2, 0) is 13.0 Å². The van der Waals surface area contributed by atoms with Crippen molar-refractivity contribution in [3.8, 4) is 0 Å². The third-order valence-corrected chi connectivity index (χ3v) is 6.37. The van der Waals surface area contributed by atoms with Gasteiger partial charge in [0.15, 0.2) is 0 Å². The third-order valence-electron chi connectivity index (χ3n) is 6.37. The van der Waals surface area contributed by atoms with Gasteiger partial charge in [-0.3, -0.25) is 4.79 Å². The molecule has 0 aliphatic heterocycles. The molecule has 0 radical (unpaired) electrons. The van der Waals surface area contributed by atoms with Gasteiger partial charge in [-0.2, -0.15) is 0 Å². The van der Waals surface area contributed by atoms with Gasteiger partial charge in [0.25, 0.3) is 5.91 Å². The van der Waals surface area contributed by atoms with Gasteiger partial charge >= 0.3 is 0 Å². The van der Waals surface area contributed by atoms with E-state index in [-0.39, 0.29) is 5.91 Å². The zero-order valence-corrected chi connectivity index (χ0v) is 20.4. The Morgan fingerprint density at radius 3 is 2.15 bits per heavy atom. The van der Waals surface area contributed by atoms with E-state index in [1.165, 1.54) is 69.7 Å². The first-order valence-electron chi connectivity index (χ1n) is 13.1. The molecular weight excluding hydrogens is 406 g/mol. The summed E-state index contributed by atoms with van der Waals surface area (Å²) < 4.78 is 2.40. The number of imidazole rings is 1. The zero-order chi connectivity index (χ0) is 23.1. The van der Waals surface area contributed by atoms with E-state index in [4.69, 9.17) is 4.98 Å². The number of hydrogen-bond acceptors (Lipinski definition) is 2. The lowest BCUT2D eigenvalue weighted by Gasteiger charge is -2.10. The normalized spacial score (nSPS) is 11.2. The summed E-state index contributed by atoms with van der Waals surface area (Å²) in [5.74, 6) is 1.13. The second-order valence-corrected chi connectivity index (χ2v) is 9.08. The highest BCUT2D eigenvalue weighted by atomic mass is 16.1. The van der Waals surface area contributed by atoms with Gasteiger partial charge in [-0.15, -0.1) is 0 Å². The van der Waals surface area contributed by atoms with Crippen LogP contribution in [0.2, 0.25) is 0 Å². The number of para-hydroxylation sites is 2. The summed E-state index contributed by atoms with van der Waals surface area (Å²) in [5, 5.41) is 3.03. The smallest absolute Gasteiger partial charge is 0.251 e. The number of carbonyl (C=O) groups is 1. The summed E-state index contributed by atoms with van der Waals surface area (Å²) in [4.78, 5) is 17.1. The van der Waals surface area contributed by atoms with Crippen molar-refractivity contribution in [2.75, 3.05) is 6.54 Å². The largest absolute Gasteiger partial charge is 0.352 e. The zero-order valence-electron chi connectivity index (χ0n) is 20.4. The number of benzene rings is 2. The van der Waals surface area contributed by atoms with Crippen molar-refractivity contribution in [2.24, 2.45) is 0 Å². The third kappa shape index (κ3) is 8.34. The molecule has 0 fully saturated rings. The summed E-state index contributed by atoms with van der Waals surface area (Å²) >= 11 is 0. The fourth-order valence-corrected chi connectivity index (χ4v) is 4.46. The molecule has 1 heterocycles. The highest BCUT2D eigenvalue weighted by Gasteiger charge is 2.10. The molecule has 2 aromatic carbocycles. The fourth-order valence-electron chi connectivity index (χ4n) is 4.46. The quantitative estimate of drug-likeness (QED) is 0.234. The van der Waals surface area contributed by atoms with Crippen LogP contribution in [0.1, 0.15) is 93.7 Å². The topological polar surface area (TPSA) is 46.9 Å². The Labute approximate surface area is 199 Å². The van der Waals surface area contributed by atoms with E-state index < -0.39 is 0 Å². The molecule has 0 atom stereocenters. The van der Waals surface area contributed by atoms with Crippen molar-refractivity contribution >= 4 is 16.9 Å². The summed E-state index contributed by atoms with van der Waals surface area (Å²) in [5.41, 5.74) is 3.02. The number of unbranched alkanes of at least 4 members (excludes halogenated alkanes) is 9. The molecule has 0 aliphatic rings. The molecule has 0 bridgehead atoms. The first-order valence-corrected chi connectivity index (χ1v) is 13.1. The minimum absolute atomic E-state index is 0.00512. The van der Waals surface area contributed by atoms with Crippen molar-refractivity contribution in [3.63, 3.8) is 0 Å². The maximum absolute atomic E-state index is 12.2. The summed E-state index contributed by atoms with van der Waals surface area (Å²) in [7, 11) is 0. The van der Waals surface area contributed by atoms with E-state index in [1.807, 2.05) is 30.3 Å². The lowest BCUT2D eigenvalue weighted by atomic mass is 10.1. The Balaban J connectivity index is 1.42. The molecule has 0 spiro atoms. The Bertz CT molecular complexity index is 948. The highest BCUT2D eigenvalue weighted by molar-refractivity contribution is 5.94. The van der Waals surface area contributed by atoms with Crippen molar-refractivity contribution in [1.29, 1.82) is 0 Å². The minimum Gasteiger partial charge on any atom is -0.352 e. The molecule has 4 nitrogen and oxygen atoms in total. The molecule has 0 saturated carbocycles. The number of amides is 1. The van der Waals surface area contributed by atoms with E-state index in [2.05, 4.69) is 41.1 Å². The van der Waals surface area contributed by atoms with Gasteiger partial charge < -0.3 is 9.88 Å². The molecule has 178 valence electrons. The van der Waals surface area contributed by atoms with E-state index in [9.17, 15) is 4.79 Å². The van der Waals surface area contributed by atoms with Crippen molar-refractivity contribution in [1.82, 2.24) is 14.9 Å². The predicted octanol–water partition coefficient (Wildman–Crippen LogP) is 7.32. The van der Waals surface area contributed by atoms with Gasteiger partial charge in [-0.1, -0.05) is 95.0 Å².